The van der Waals surface area contributed by atoms with E-state index in [1.54, 1.807) is 0 Å². The molecule has 3 nitrogen and oxygen atoms in total. The summed E-state index contributed by atoms with van der Waals surface area (Å²) >= 11 is 0. The summed E-state index contributed by atoms with van der Waals surface area (Å²) < 4.78 is 5.45. The van der Waals surface area contributed by atoms with Crippen molar-refractivity contribution in [3.05, 3.63) is 35.4 Å². The van der Waals surface area contributed by atoms with Gasteiger partial charge in [0.1, 0.15) is 0 Å². The summed E-state index contributed by atoms with van der Waals surface area (Å²) in [5, 5.41) is 0. The molecule has 2 fully saturated rings. The molecule has 2 saturated heterocycles. The van der Waals surface area contributed by atoms with E-state index in [0.717, 1.165) is 39.1 Å². The van der Waals surface area contributed by atoms with Crippen molar-refractivity contribution in [1.82, 2.24) is 4.90 Å². The Hall–Kier alpha value is -0.900. The predicted octanol–water partition coefficient (Wildman–Crippen LogP) is 2.53. The normalized spacial score (nSPS) is 28.9. The van der Waals surface area contributed by atoms with Gasteiger partial charge in [0.2, 0.25) is 0 Å². The van der Waals surface area contributed by atoms with E-state index in [1.165, 1.54) is 17.5 Å². The zero-order valence-electron chi connectivity index (χ0n) is 12.4. The van der Waals surface area contributed by atoms with Crippen LogP contribution in [0.25, 0.3) is 0 Å². The van der Waals surface area contributed by atoms with Gasteiger partial charge in [0.15, 0.2) is 0 Å². The molecule has 0 radical (unpaired) electrons. The number of benzene rings is 1. The average molecular weight is 274 g/mol. The van der Waals surface area contributed by atoms with Gasteiger partial charge in [-0.05, 0) is 55.8 Å². The van der Waals surface area contributed by atoms with E-state index in [1.807, 2.05) is 0 Å². The second-order valence-corrected chi connectivity index (χ2v) is 6.35. The van der Waals surface area contributed by atoms with Crippen LogP contribution in [0.4, 0.5) is 0 Å². The van der Waals surface area contributed by atoms with E-state index in [4.69, 9.17) is 10.5 Å². The van der Waals surface area contributed by atoms with E-state index >= 15 is 0 Å². The van der Waals surface area contributed by atoms with Crippen molar-refractivity contribution in [3.63, 3.8) is 0 Å². The van der Waals surface area contributed by atoms with Gasteiger partial charge >= 0.3 is 0 Å². The first-order chi connectivity index (χ1) is 9.78. The van der Waals surface area contributed by atoms with Crippen LogP contribution in [0, 0.1) is 5.92 Å². The van der Waals surface area contributed by atoms with E-state index in [0.29, 0.717) is 17.9 Å². The molecular weight excluding hydrogens is 248 g/mol. The second kappa shape index (κ2) is 6.25. The van der Waals surface area contributed by atoms with Crippen molar-refractivity contribution in [3.8, 4) is 0 Å². The molecule has 20 heavy (non-hydrogen) atoms. The van der Waals surface area contributed by atoms with Crippen LogP contribution < -0.4 is 5.73 Å². The summed E-state index contributed by atoms with van der Waals surface area (Å²) in [6, 6.07) is 9.85. The molecule has 0 aliphatic carbocycles. The van der Waals surface area contributed by atoms with Crippen LogP contribution in [-0.2, 0) is 4.74 Å². The van der Waals surface area contributed by atoms with E-state index in [-0.39, 0.29) is 0 Å². The Morgan fingerprint density at radius 2 is 1.80 bits per heavy atom. The molecule has 2 aliphatic rings. The third-order valence-electron chi connectivity index (χ3n) is 4.98. The zero-order chi connectivity index (χ0) is 13.9. The third-order valence-corrected chi connectivity index (χ3v) is 4.98. The Labute approximate surface area is 122 Å². The average Bonchev–Trinajstić information content (AvgIpc) is 2.89. The summed E-state index contributed by atoms with van der Waals surface area (Å²) in [7, 11) is 2.21. The predicted molar refractivity (Wildman–Crippen MR) is 81.8 cm³/mol. The lowest BCUT2D eigenvalue weighted by molar-refractivity contribution is 0.0853. The Bertz CT molecular complexity index is 425. The van der Waals surface area contributed by atoms with Crippen molar-refractivity contribution in [2.24, 2.45) is 11.7 Å². The minimum absolute atomic E-state index is 0.548. The molecular formula is C17H26N2O. The number of hydrogen-bond donors (Lipinski definition) is 1. The number of hydrogen-bond acceptors (Lipinski definition) is 3. The molecule has 2 unspecified atom stereocenters. The highest BCUT2D eigenvalue weighted by Gasteiger charge is 2.29. The van der Waals surface area contributed by atoms with Crippen molar-refractivity contribution in [2.45, 2.75) is 31.2 Å². The SMILES string of the molecule is CN1CC(CN)CC1c1ccc(C2CCOCC2)cc1. The molecule has 2 aliphatic heterocycles. The van der Waals surface area contributed by atoms with Gasteiger partial charge in [-0.2, -0.15) is 0 Å². The molecule has 3 heteroatoms. The highest BCUT2D eigenvalue weighted by Crippen LogP contribution is 2.35. The van der Waals surface area contributed by atoms with Gasteiger partial charge in [0, 0.05) is 25.8 Å². The van der Waals surface area contributed by atoms with E-state index in [2.05, 4.69) is 36.2 Å². The van der Waals surface area contributed by atoms with Crippen LogP contribution in [-0.4, -0.2) is 38.3 Å². The molecule has 1 aromatic carbocycles. The number of likely N-dealkylation sites (tertiary alicyclic amines) is 1. The van der Waals surface area contributed by atoms with Crippen molar-refractivity contribution in [1.29, 1.82) is 0 Å². The maximum atomic E-state index is 5.82. The Balaban J connectivity index is 1.69. The van der Waals surface area contributed by atoms with Gasteiger partial charge in [-0.3, -0.25) is 4.90 Å². The molecule has 1 aromatic rings. The van der Waals surface area contributed by atoms with Crippen molar-refractivity contribution >= 4 is 0 Å². The van der Waals surface area contributed by atoms with Gasteiger partial charge in [-0.25, -0.2) is 0 Å². The molecule has 0 saturated carbocycles. The smallest absolute Gasteiger partial charge is 0.0471 e. The second-order valence-electron chi connectivity index (χ2n) is 6.35. The van der Waals surface area contributed by atoms with Gasteiger partial charge in [-0.15, -0.1) is 0 Å². The van der Waals surface area contributed by atoms with Crippen LogP contribution in [0.3, 0.4) is 0 Å². The fourth-order valence-corrected chi connectivity index (χ4v) is 3.69. The topological polar surface area (TPSA) is 38.5 Å². The maximum Gasteiger partial charge on any atom is 0.0471 e. The van der Waals surface area contributed by atoms with Gasteiger partial charge in [-0.1, -0.05) is 24.3 Å². The molecule has 0 aromatic heterocycles. The number of rotatable bonds is 3. The van der Waals surface area contributed by atoms with Crippen LogP contribution in [0.15, 0.2) is 24.3 Å². The van der Waals surface area contributed by atoms with Crippen LogP contribution in [0.5, 0.6) is 0 Å². The Morgan fingerprint density at radius 3 is 2.40 bits per heavy atom. The summed E-state index contributed by atoms with van der Waals surface area (Å²) in [5.74, 6) is 1.34. The molecule has 0 bridgehead atoms. The first-order valence-electron chi connectivity index (χ1n) is 7.86. The number of nitrogens with zero attached hydrogens (tertiary/aromatic N) is 1. The highest BCUT2D eigenvalue weighted by atomic mass is 16.5. The lowest BCUT2D eigenvalue weighted by Crippen LogP contribution is -2.20. The molecule has 110 valence electrons. The van der Waals surface area contributed by atoms with Crippen LogP contribution in [0.2, 0.25) is 0 Å². The monoisotopic (exact) mass is 274 g/mol. The van der Waals surface area contributed by atoms with Crippen molar-refractivity contribution < 1.29 is 4.74 Å². The van der Waals surface area contributed by atoms with Crippen molar-refractivity contribution in [2.75, 3.05) is 33.4 Å². The first kappa shape index (κ1) is 14.1. The highest BCUT2D eigenvalue weighted by molar-refractivity contribution is 5.28. The van der Waals surface area contributed by atoms with Gasteiger partial charge in [0.05, 0.1) is 0 Å². The van der Waals surface area contributed by atoms with Crippen LogP contribution >= 0.6 is 0 Å². The zero-order valence-corrected chi connectivity index (χ0v) is 12.4. The third kappa shape index (κ3) is 2.90. The number of ether oxygens (including phenoxy) is 1. The van der Waals surface area contributed by atoms with E-state index < -0.39 is 0 Å². The molecule has 0 spiro atoms. The lowest BCUT2D eigenvalue weighted by Gasteiger charge is -2.24. The lowest BCUT2D eigenvalue weighted by atomic mass is 9.90. The van der Waals surface area contributed by atoms with Crippen LogP contribution in [0.1, 0.15) is 42.3 Å². The molecule has 2 N–H and O–H groups in total. The fraction of sp³-hybridized carbons (Fsp3) is 0.647. The molecule has 3 rings (SSSR count). The Kier molecular flexibility index (Phi) is 4.39. The van der Waals surface area contributed by atoms with E-state index in [9.17, 15) is 0 Å². The van der Waals surface area contributed by atoms with Gasteiger partial charge in [0.25, 0.3) is 0 Å². The summed E-state index contributed by atoms with van der Waals surface area (Å²) in [6.45, 7) is 3.76. The first-order valence-corrected chi connectivity index (χ1v) is 7.86. The summed E-state index contributed by atoms with van der Waals surface area (Å²) in [4.78, 5) is 2.45. The van der Waals surface area contributed by atoms with Gasteiger partial charge < -0.3 is 10.5 Å². The standard InChI is InChI=1S/C17H26N2O/c1-19-12-13(11-18)10-17(19)16-4-2-14(3-5-16)15-6-8-20-9-7-15/h2-5,13,15,17H,6-12,18H2,1H3. The minimum Gasteiger partial charge on any atom is -0.381 e. The quantitative estimate of drug-likeness (QED) is 0.920. The number of nitrogens with two attached hydrogens (primary N) is 1. The minimum atomic E-state index is 0.548. The summed E-state index contributed by atoms with van der Waals surface area (Å²) in [6.07, 6.45) is 3.53. The molecule has 2 heterocycles. The summed E-state index contributed by atoms with van der Waals surface area (Å²) in [5.41, 5.74) is 8.74. The largest absolute Gasteiger partial charge is 0.381 e. The Morgan fingerprint density at radius 1 is 1.15 bits per heavy atom. The fourth-order valence-electron chi connectivity index (χ4n) is 3.69. The molecule has 0 amide bonds. The molecule has 2 atom stereocenters. The maximum absolute atomic E-state index is 5.82.